The Kier molecular flexibility index (Phi) is 9.68. The highest BCUT2D eigenvalue weighted by Gasteiger charge is 2.16. The van der Waals surface area contributed by atoms with Crippen LogP contribution in [0.2, 0.25) is 0 Å². The van der Waals surface area contributed by atoms with E-state index in [1.165, 1.54) is 77.5 Å². The molecule has 0 aliphatic rings. The van der Waals surface area contributed by atoms with Crippen molar-refractivity contribution >= 4 is 27.8 Å². The van der Waals surface area contributed by atoms with Gasteiger partial charge in [-0.3, -0.25) is 0 Å². The molecule has 0 aromatic heterocycles. The van der Waals surface area contributed by atoms with Crippen molar-refractivity contribution in [3.8, 4) is 66.8 Å². The fraction of sp³-hybridized carbons (Fsp3) is 0. The molecule has 0 saturated carbocycles. The van der Waals surface area contributed by atoms with Crippen molar-refractivity contribution in [2.45, 2.75) is 0 Å². The molecule has 59 heavy (non-hydrogen) atoms. The maximum atomic E-state index is 2.33. The summed E-state index contributed by atoms with van der Waals surface area (Å²) in [6.07, 6.45) is 0. The summed E-state index contributed by atoms with van der Waals surface area (Å²) in [7, 11) is 0. The van der Waals surface area contributed by atoms with Crippen molar-refractivity contribution in [1.29, 1.82) is 0 Å². The minimum absolute atomic E-state index is 1.10. The molecule has 0 heterocycles. The zero-order valence-corrected chi connectivity index (χ0v) is 32.6. The van der Waals surface area contributed by atoms with Gasteiger partial charge in [0.05, 0.1) is 0 Å². The Labute approximate surface area is 346 Å². The molecule has 0 bridgehead atoms. The van der Waals surface area contributed by atoms with Crippen LogP contribution >= 0.6 is 0 Å². The Hall–Kier alpha value is -7.74. The molecule has 0 fully saturated rings. The van der Waals surface area contributed by atoms with E-state index in [1.807, 2.05) is 0 Å². The van der Waals surface area contributed by atoms with Crippen LogP contribution in [-0.2, 0) is 0 Å². The number of fused-ring (bicyclic) bond motifs is 1. The third kappa shape index (κ3) is 7.23. The fourth-order valence-corrected chi connectivity index (χ4v) is 8.41. The van der Waals surface area contributed by atoms with Gasteiger partial charge in [-0.15, -0.1) is 0 Å². The van der Waals surface area contributed by atoms with E-state index >= 15 is 0 Å². The molecule has 0 aliphatic heterocycles. The Morgan fingerprint density at radius 1 is 0.203 bits per heavy atom. The Morgan fingerprint density at radius 2 is 0.542 bits per heavy atom. The van der Waals surface area contributed by atoms with Crippen LogP contribution < -0.4 is 4.90 Å². The summed E-state index contributed by atoms with van der Waals surface area (Å²) in [4.78, 5) is 2.33. The van der Waals surface area contributed by atoms with Crippen LogP contribution in [0.15, 0.2) is 249 Å². The molecule has 0 amide bonds. The zero-order valence-electron chi connectivity index (χ0n) is 32.6. The second kappa shape index (κ2) is 16.0. The van der Waals surface area contributed by atoms with Gasteiger partial charge in [0.15, 0.2) is 0 Å². The van der Waals surface area contributed by atoms with Gasteiger partial charge in [-0.1, -0.05) is 200 Å². The van der Waals surface area contributed by atoms with E-state index in [9.17, 15) is 0 Å². The van der Waals surface area contributed by atoms with E-state index in [1.54, 1.807) is 0 Å². The molecule has 0 N–H and O–H groups in total. The molecule has 0 atom stereocenters. The predicted octanol–water partition coefficient (Wildman–Crippen LogP) is 16.3. The normalized spacial score (nSPS) is 11.1. The highest BCUT2D eigenvalue weighted by atomic mass is 15.1. The number of para-hydroxylation sites is 1. The number of hydrogen-bond acceptors (Lipinski definition) is 1. The summed E-state index contributed by atoms with van der Waals surface area (Å²) in [6, 6.07) is 89.6. The summed E-state index contributed by atoms with van der Waals surface area (Å²) in [5.74, 6) is 0. The zero-order chi connectivity index (χ0) is 39.4. The van der Waals surface area contributed by atoms with Crippen molar-refractivity contribution in [1.82, 2.24) is 0 Å². The van der Waals surface area contributed by atoms with Crippen LogP contribution in [0, 0.1) is 0 Å². The standard InChI is InChI=1S/C58H41N/c1-4-16-42(17-5-1)47-22-12-24-49(40-47)55-29-11-10-28-54(55)45-34-38-53(39-35-45)59(51-26-8-3-9-27-51)52-36-32-43(33-37-52)48-23-13-25-50(41-48)57-31-15-21-46-20-14-30-56(58(46)57)44-18-6-2-7-19-44/h1-41H. The first-order chi connectivity index (χ1) is 29.3. The van der Waals surface area contributed by atoms with Gasteiger partial charge < -0.3 is 4.90 Å². The van der Waals surface area contributed by atoms with Crippen molar-refractivity contribution < 1.29 is 0 Å². The first-order valence-electron chi connectivity index (χ1n) is 20.3. The number of nitrogens with zero attached hydrogens (tertiary/aromatic N) is 1. The lowest BCUT2D eigenvalue weighted by atomic mass is 9.90. The summed E-state index contributed by atoms with van der Waals surface area (Å²) in [5.41, 5.74) is 17.8. The summed E-state index contributed by atoms with van der Waals surface area (Å²) in [6.45, 7) is 0. The van der Waals surface area contributed by atoms with E-state index in [0.717, 1.165) is 17.1 Å². The monoisotopic (exact) mass is 751 g/mol. The average Bonchev–Trinajstić information content (AvgIpc) is 3.33. The van der Waals surface area contributed by atoms with Gasteiger partial charge in [-0.25, -0.2) is 0 Å². The summed E-state index contributed by atoms with van der Waals surface area (Å²) in [5, 5.41) is 2.52. The largest absolute Gasteiger partial charge is 0.311 e. The third-order valence-electron chi connectivity index (χ3n) is 11.3. The second-order valence-electron chi connectivity index (χ2n) is 14.9. The van der Waals surface area contributed by atoms with E-state index in [2.05, 4.69) is 254 Å². The molecule has 0 aliphatic carbocycles. The number of benzene rings is 10. The van der Waals surface area contributed by atoms with Crippen LogP contribution in [0.1, 0.15) is 0 Å². The van der Waals surface area contributed by atoms with Crippen LogP contribution in [0.5, 0.6) is 0 Å². The number of anilines is 3. The first-order valence-corrected chi connectivity index (χ1v) is 20.3. The van der Waals surface area contributed by atoms with Gasteiger partial charge in [-0.05, 0) is 126 Å². The van der Waals surface area contributed by atoms with Crippen molar-refractivity contribution in [3.63, 3.8) is 0 Å². The SMILES string of the molecule is c1ccc(-c2cccc(-c3ccccc3-c3ccc(N(c4ccccc4)c4ccc(-c5cccc(-c6cccc7cccc(-c8ccccc8)c67)c5)cc4)cc3)c2)cc1. The molecular formula is C58H41N. The van der Waals surface area contributed by atoms with Crippen LogP contribution in [0.3, 0.4) is 0 Å². The molecule has 0 saturated heterocycles. The smallest absolute Gasteiger partial charge is 0.0462 e. The van der Waals surface area contributed by atoms with Crippen molar-refractivity contribution in [3.05, 3.63) is 249 Å². The predicted molar refractivity (Wildman–Crippen MR) is 251 cm³/mol. The molecule has 0 radical (unpaired) electrons. The number of rotatable bonds is 9. The minimum atomic E-state index is 1.10. The van der Waals surface area contributed by atoms with E-state index in [-0.39, 0.29) is 0 Å². The highest BCUT2D eigenvalue weighted by molar-refractivity contribution is 6.06. The summed E-state index contributed by atoms with van der Waals surface area (Å²) >= 11 is 0. The Bertz CT molecular complexity index is 3000. The fourth-order valence-electron chi connectivity index (χ4n) is 8.41. The lowest BCUT2D eigenvalue weighted by molar-refractivity contribution is 1.28. The van der Waals surface area contributed by atoms with Crippen molar-refractivity contribution in [2.75, 3.05) is 4.90 Å². The van der Waals surface area contributed by atoms with Crippen LogP contribution in [0.25, 0.3) is 77.5 Å². The van der Waals surface area contributed by atoms with Gasteiger partial charge in [0.25, 0.3) is 0 Å². The quantitative estimate of drug-likeness (QED) is 0.142. The van der Waals surface area contributed by atoms with Crippen LogP contribution in [0.4, 0.5) is 17.1 Å². The van der Waals surface area contributed by atoms with E-state index in [4.69, 9.17) is 0 Å². The van der Waals surface area contributed by atoms with E-state index < -0.39 is 0 Å². The van der Waals surface area contributed by atoms with Gasteiger partial charge >= 0.3 is 0 Å². The van der Waals surface area contributed by atoms with Crippen molar-refractivity contribution in [2.24, 2.45) is 0 Å². The van der Waals surface area contributed by atoms with Gasteiger partial charge in [0, 0.05) is 17.1 Å². The van der Waals surface area contributed by atoms with Gasteiger partial charge in [-0.2, -0.15) is 0 Å². The maximum absolute atomic E-state index is 2.33. The van der Waals surface area contributed by atoms with Gasteiger partial charge in [0.1, 0.15) is 0 Å². The Balaban J connectivity index is 0.972. The molecule has 10 aromatic rings. The molecule has 1 heteroatoms. The number of hydrogen-bond donors (Lipinski definition) is 0. The summed E-state index contributed by atoms with van der Waals surface area (Å²) < 4.78 is 0. The van der Waals surface area contributed by atoms with E-state index in [0.29, 0.717) is 0 Å². The molecule has 278 valence electrons. The lowest BCUT2D eigenvalue weighted by Crippen LogP contribution is -2.09. The maximum Gasteiger partial charge on any atom is 0.0462 e. The van der Waals surface area contributed by atoms with Gasteiger partial charge in [0.2, 0.25) is 0 Å². The third-order valence-corrected chi connectivity index (χ3v) is 11.3. The topological polar surface area (TPSA) is 3.24 Å². The first kappa shape index (κ1) is 35.7. The Morgan fingerprint density at radius 3 is 1.12 bits per heavy atom. The molecular weight excluding hydrogens is 711 g/mol. The lowest BCUT2D eigenvalue weighted by Gasteiger charge is -2.26. The molecule has 0 spiro atoms. The molecule has 0 unspecified atom stereocenters. The molecule has 10 rings (SSSR count). The molecule has 1 nitrogen and oxygen atoms in total. The highest BCUT2D eigenvalue weighted by Crippen LogP contribution is 2.41. The minimum Gasteiger partial charge on any atom is -0.311 e. The second-order valence-corrected chi connectivity index (χ2v) is 14.9. The molecule has 10 aromatic carbocycles. The average molecular weight is 752 g/mol. The van der Waals surface area contributed by atoms with Crippen LogP contribution in [-0.4, -0.2) is 0 Å².